The molecule has 0 bridgehead atoms. The number of benzene rings is 10. The van der Waals surface area contributed by atoms with E-state index in [4.69, 9.17) is 4.74 Å². The number of hydrogen-bond acceptors (Lipinski definition) is 2. The Kier molecular flexibility index (Phi) is 8.19. The molecule has 2 heteroatoms. The Bertz CT molecular complexity index is 3120. The van der Waals surface area contributed by atoms with Gasteiger partial charge in [-0.3, -0.25) is 0 Å². The summed E-state index contributed by atoms with van der Waals surface area (Å²) in [7, 11) is 0. The molecule has 10 aromatic carbocycles. The zero-order chi connectivity index (χ0) is 38.4. The van der Waals surface area contributed by atoms with Crippen molar-refractivity contribution < 1.29 is 4.74 Å². The minimum absolute atomic E-state index is 0.890. The number of anilines is 3. The van der Waals surface area contributed by atoms with Gasteiger partial charge in [-0.05, 0) is 127 Å². The maximum absolute atomic E-state index is 6.36. The molecule has 0 aliphatic carbocycles. The molecule has 0 saturated carbocycles. The van der Waals surface area contributed by atoms with E-state index in [1.807, 2.05) is 6.07 Å². The highest BCUT2D eigenvalue weighted by Crippen LogP contribution is 2.48. The molecule has 0 fully saturated rings. The van der Waals surface area contributed by atoms with Gasteiger partial charge in [0, 0.05) is 28.0 Å². The van der Waals surface area contributed by atoms with Crippen LogP contribution in [0.2, 0.25) is 0 Å². The van der Waals surface area contributed by atoms with Crippen LogP contribution in [0.4, 0.5) is 17.1 Å². The van der Waals surface area contributed by atoms with Crippen molar-refractivity contribution in [3.63, 3.8) is 0 Å². The first-order chi connectivity index (χ1) is 28.7. The van der Waals surface area contributed by atoms with Gasteiger partial charge in [0.2, 0.25) is 0 Å². The normalized spacial score (nSPS) is 11.6. The van der Waals surface area contributed by atoms with Crippen molar-refractivity contribution in [1.29, 1.82) is 0 Å². The van der Waals surface area contributed by atoms with Crippen LogP contribution in [0, 0.1) is 0 Å². The Morgan fingerprint density at radius 2 is 0.810 bits per heavy atom. The monoisotopic (exact) mass is 739 g/mol. The van der Waals surface area contributed by atoms with Crippen LogP contribution in [-0.2, 0) is 0 Å². The lowest BCUT2D eigenvalue weighted by Crippen LogP contribution is -2.10. The van der Waals surface area contributed by atoms with E-state index in [9.17, 15) is 0 Å². The van der Waals surface area contributed by atoms with E-state index in [1.165, 1.54) is 49.7 Å². The van der Waals surface area contributed by atoms with Crippen molar-refractivity contribution >= 4 is 38.6 Å². The number of para-hydroxylation sites is 1. The zero-order valence-corrected chi connectivity index (χ0v) is 31.7. The van der Waals surface area contributed by atoms with Crippen molar-refractivity contribution in [1.82, 2.24) is 0 Å². The molecule has 58 heavy (non-hydrogen) atoms. The van der Waals surface area contributed by atoms with E-state index < -0.39 is 0 Å². The van der Waals surface area contributed by atoms with E-state index in [2.05, 4.69) is 223 Å². The molecular formula is C56H37NO. The van der Waals surface area contributed by atoms with Crippen molar-refractivity contribution in [2.75, 3.05) is 4.90 Å². The van der Waals surface area contributed by atoms with E-state index in [0.717, 1.165) is 56.0 Å². The van der Waals surface area contributed by atoms with Crippen molar-refractivity contribution in [2.24, 2.45) is 0 Å². The van der Waals surface area contributed by atoms with Crippen LogP contribution in [-0.4, -0.2) is 0 Å². The lowest BCUT2D eigenvalue weighted by atomic mass is 9.90. The maximum atomic E-state index is 6.36. The van der Waals surface area contributed by atoms with E-state index in [-0.39, 0.29) is 0 Å². The first-order valence-electron chi connectivity index (χ1n) is 19.8. The average molecular weight is 740 g/mol. The standard InChI is InChI=1S/C56H37NO/c1-2-12-38(13-3-1)39-26-28-40(29-27-39)41-30-32-47(33-31-41)57(49-20-9-17-44(36-49)51-23-10-15-42-14-4-5-21-50(42)51)48-19-8-16-43(35-48)46-34-45-18-11-25-55-56(45)53(37-46)52-22-6-7-24-54(52)58-55/h1-37H. The molecule has 0 radical (unpaired) electrons. The van der Waals surface area contributed by atoms with Gasteiger partial charge in [-0.2, -0.15) is 0 Å². The number of hydrogen-bond donors (Lipinski definition) is 0. The summed E-state index contributed by atoms with van der Waals surface area (Å²) in [5, 5.41) is 4.80. The molecule has 0 aromatic heterocycles. The van der Waals surface area contributed by atoms with Gasteiger partial charge in [0.25, 0.3) is 0 Å². The highest BCUT2D eigenvalue weighted by atomic mass is 16.5. The fourth-order valence-electron chi connectivity index (χ4n) is 8.60. The van der Waals surface area contributed by atoms with Crippen LogP contribution < -0.4 is 9.64 Å². The molecule has 11 rings (SSSR count). The number of rotatable bonds is 7. The van der Waals surface area contributed by atoms with Crippen LogP contribution >= 0.6 is 0 Å². The second-order valence-electron chi connectivity index (χ2n) is 14.9. The largest absolute Gasteiger partial charge is 0.456 e. The summed E-state index contributed by atoms with van der Waals surface area (Å²) >= 11 is 0. The van der Waals surface area contributed by atoms with Crippen LogP contribution in [0.25, 0.3) is 77.2 Å². The molecule has 0 unspecified atom stereocenters. The smallest absolute Gasteiger partial charge is 0.135 e. The Hall–Kier alpha value is -7.68. The van der Waals surface area contributed by atoms with Crippen molar-refractivity contribution in [2.45, 2.75) is 0 Å². The van der Waals surface area contributed by atoms with Gasteiger partial charge in [0.1, 0.15) is 11.5 Å². The van der Waals surface area contributed by atoms with Crippen LogP contribution in [0.5, 0.6) is 11.5 Å². The number of fused-ring (bicyclic) bond motifs is 3. The molecule has 0 spiro atoms. The predicted molar refractivity (Wildman–Crippen MR) is 243 cm³/mol. The fraction of sp³-hybridized carbons (Fsp3) is 0. The summed E-state index contributed by atoms with van der Waals surface area (Å²) in [6.45, 7) is 0. The molecule has 0 saturated heterocycles. The van der Waals surface area contributed by atoms with Gasteiger partial charge in [-0.1, -0.05) is 164 Å². The summed E-state index contributed by atoms with van der Waals surface area (Å²) in [4.78, 5) is 2.38. The predicted octanol–water partition coefficient (Wildman–Crippen LogP) is 15.9. The molecule has 272 valence electrons. The van der Waals surface area contributed by atoms with Crippen molar-refractivity contribution in [3.05, 3.63) is 224 Å². The zero-order valence-electron chi connectivity index (χ0n) is 31.7. The quantitative estimate of drug-likeness (QED) is 0.161. The Morgan fingerprint density at radius 3 is 1.60 bits per heavy atom. The third kappa shape index (κ3) is 6.00. The molecule has 2 nitrogen and oxygen atoms in total. The number of nitrogens with zero attached hydrogens (tertiary/aromatic N) is 1. The minimum Gasteiger partial charge on any atom is -0.456 e. The maximum Gasteiger partial charge on any atom is 0.135 e. The van der Waals surface area contributed by atoms with Crippen molar-refractivity contribution in [3.8, 4) is 67.1 Å². The summed E-state index contributed by atoms with van der Waals surface area (Å²) in [6, 6.07) is 80.8. The Balaban J connectivity index is 1.03. The van der Waals surface area contributed by atoms with Gasteiger partial charge in [-0.25, -0.2) is 0 Å². The van der Waals surface area contributed by atoms with Gasteiger partial charge >= 0.3 is 0 Å². The minimum atomic E-state index is 0.890. The Labute approximate surface area is 338 Å². The molecule has 1 aliphatic rings. The molecule has 0 atom stereocenters. The van der Waals surface area contributed by atoms with Gasteiger partial charge < -0.3 is 9.64 Å². The third-order valence-electron chi connectivity index (χ3n) is 11.4. The molecule has 0 amide bonds. The van der Waals surface area contributed by atoms with Gasteiger partial charge in [-0.15, -0.1) is 0 Å². The number of ether oxygens (including phenoxy) is 1. The second kappa shape index (κ2) is 14.1. The molecule has 0 N–H and O–H groups in total. The first kappa shape index (κ1) is 33.6. The first-order valence-corrected chi connectivity index (χ1v) is 19.8. The summed E-state index contributed by atoms with van der Waals surface area (Å²) in [6.07, 6.45) is 0. The molecule has 10 aromatic rings. The van der Waals surface area contributed by atoms with E-state index in [0.29, 0.717) is 0 Å². The van der Waals surface area contributed by atoms with E-state index in [1.54, 1.807) is 0 Å². The topological polar surface area (TPSA) is 12.5 Å². The molecule has 1 heterocycles. The highest BCUT2D eigenvalue weighted by Gasteiger charge is 2.21. The van der Waals surface area contributed by atoms with Gasteiger partial charge in [0.15, 0.2) is 0 Å². The second-order valence-corrected chi connectivity index (χ2v) is 14.9. The summed E-state index contributed by atoms with van der Waals surface area (Å²) in [5.74, 6) is 1.79. The lowest BCUT2D eigenvalue weighted by Gasteiger charge is -2.27. The third-order valence-corrected chi connectivity index (χ3v) is 11.4. The van der Waals surface area contributed by atoms with E-state index >= 15 is 0 Å². The van der Waals surface area contributed by atoms with Crippen LogP contribution in [0.3, 0.4) is 0 Å². The molecular weight excluding hydrogens is 703 g/mol. The summed E-state index contributed by atoms with van der Waals surface area (Å²) in [5.41, 5.74) is 15.1. The fourth-order valence-corrected chi connectivity index (χ4v) is 8.60. The SMILES string of the molecule is c1ccc(-c2ccc(-c3ccc(N(c4cccc(-c5cc6c7c(cccc7c5)Oc5ccccc5-6)c4)c4cccc(-c5cccc6ccccc56)c4)cc3)cc2)cc1. The molecule has 1 aliphatic heterocycles. The van der Waals surface area contributed by atoms with Gasteiger partial charge in [0.05, 0.1) is 0 Å². The van der Waals surface area contributed by atoms with Crippen LogP contribution in [0.1, 0.15) is 0 Å². The summed E-state index contributed by atoms with van der Waals surface area (Å²) < 4.78 is 6.36. The lowest BCUT2D eigenvalue weighted by molar-refractivity contribution is 0.487. The highest BCUT2D eigenvalue weighted by molar-refractivity contribution is 6.06. The Morgan fingerprint density at radius 1 is 0.276 bits per heavy atom. The van der Waals surface area contributed by atoms with Crippen LogP contribution in [0.15, 0.2) is 224 Å². The average Bonchev–Trinajstić information content (AvgIpc) is 3.30.